The Hall–Kier alpha value is -7.48. The van der Waals surface area contributed by atoms with Gasteiger partial charge in [0, 0.05) is 17.1 Å². The van der Waals surface area contributed by atoms with E-state index < -0.39 is 0 Å². The van der Waals surface area contributed by atoms with Gasteiger partial charge in [-0.1, -0.05) is 200 Å². The van der Waals surface area contributed by atoms with E-state index >= 15 is 0 Å². The van der Waals surface area contributed by atoms with Crippen LogP contribution in [0.3, 0.4) is 0 Å². The fourth-order valence-electron chi connectivity index (χ4n) is 8.23. The van der Waals surface area contributed by atoms with Gasteiger partial charge in [0.25, 0.3) is 0 Å². The van der Waals surface area contributed by atoms with Gasteiger partial charge in [0.2, 0.25) is 0 Å². The molecule has 0 spiro atoms. The Bertz CT molecular complexity index is 2830. The number of nitrogens with zero attached hydrogens (tertiary/aromatic N) is 1. The van der Waals surface area contributed by atoms with Crippen molar-refractivity contribution in [3.63, 3.8) is 0 Å². The van der Waals surface area contributed by atoms with Gasteiger partial charge in [-0.2, -0.15) is 0 Å². The fourth-order valence-corrected chi connectivity index (χ4v) is 8.23. The number of hydrogen-bond donors (Lipinski definition) is 0. The lowest BCUT2D eigenvalue weighted by molar-refractivity contribution is 1.28. The predicted octanol–water partition coefficient (Wildman–Crippen LogP) is 15.8. The van der Waals surface area contributed by atoms with Gasteiger partial charge in [-0.15, -0.1) is 0 Å². The summed E-state index contributed by atoms with van der Waals surface area (Å²) in [5.41, 5.74) is 15.3. The van der Waals surface area contributed by atoms with Crippen LogP contribution >= 0.6 is 0 Å². The summed E-state index contributed by atoms with van der Waals surface area (Å²) in [4.78, 5) is 2.38. The highest BCUT2D eigenvalue weighted by atomic mass is 15.1. The second-order valence-electron chi connectivity index (χ2n) is 14.5. The maximum atomic E-state index is 2.38. The first kappa shape index (κ1) is 34.0. The summed E-state index contributed by atoms with van der Waals surface area (Å²) in [7, 11) is 0. The van der Waals surface area contributed by atoms with Crippen molar-refractivity contribution >= 4 is 38.6 Å². The standard InChI is InChI=1S/C56H39N/c1-3-13-40(14-4-1)41-25-27-45(28-26-41)55-38-37-50(39-56(55)44-15-5-2-6-16-44)57(48-33-29-46(30-34-48)53-23-11-19-42-17-7-9-21-51(42)53)49-35-31-47(32-36-49)54-24-12-20-43-18-8-10-22-52(43)54/h1-39H. The summed E-state index contributed by atoms with van der Waals surface area (Å²) < 4.78 is 0. The molecule has 268 valence electrons. The number of rotatable bonds is 8. The van der Waals surface area contributed by atoms with Crippen molar-refractivity contribution < 1.29 is 0 Å². The van der Waals surface area contributed by atoms with E-state index in [-0.39, 0.29) is 0 Å². The highest BCUT2D eigenvalue weighted by Gasteiger charge is 2.18. The van der Waals surface area contributed by atoms with Gasteiger partial charge >= 0.3 is 0 Å². The van der Waals surface area contributed by atoms with Crippen molar-refractivity contribution in [2.24, 2.45) is 0 Å². The number of fused-ring (bicyclic) bond motifs is 2. The topological polar surface area (TPSA) is 3.24 Å². The molecule has 0 saturated heterocycles. The van der Waals surface area contributed by atoms with Crippen LogP contribution in [0.15, 0.2) is 237 Å². The first-order valence-corrected chi connectivity index (χ1v) is 19.6. The molecule has 0 heterocycles. The molecule has 10 aromatic rings. The van der Waals surface area contributed by atoms with Crippen molar-refractivity contribution in [3.05, 3.63) is 237 Å². The first-order valence-electron chi connectivity index (χ1n) is 19.6. The molecule has 10 rings (SSSR count). The molecule has 0 amide bonds. The highest BCUT2D eigenvalue weighted by molar-refractivity contribution is 5.98. The molecular weight excluding hydrogens is 687 g/mol. The first-order chi connectivity index (χ1) is 28.3. The van der Waals surface area contributed by atoms with Crippen molar-refractivity contribution in [1.82, 2.24) is 0 Å². The lowest BCUT2D eigenvalue weighted by Crippen LogP contribution is -2.10. The molecular formula is C56H39N. The third-order valence-corrected chi connectivity index (χ3v) is 11.1. The summed E-state index contributed by atoms with van der Waals surface area (Å²) in [6, 6.07) is 85.6. The number of anilines is 3. The Morgan fingerprint density at radius 2 is 0.579 bits per heavy atom. The van der Waals surface area contributed by atoms with Crippen LogP contribution in [0.5, 0.6) is 0 Å². The van der Waals surface area contributed by atoms with E-state index in [0.29, 0.717) is 0 Å². The van der Waals surface area contributed by atoms with Crippen molar-refractivity contribution in [3.8, 4) is 55.6 Å². The lowest BCUT2D eigenvalue weighted by Gasteiger charge is -2.27. The summed E-state index contributed by atoms with van der Waals surface area (Å²) in [5.74, 6) is 0. The molecule has 0 aromatic heterocycles. The Labute approximate surface area is 334 Å². The van der Waals surface area contributed by atoms with E-state index in [0.717, 1.165) is 17.1 Å². The molecule has 0 unspecified atom stereocenters. The molecule has 0 saturated carbocycles. The van der Waals surface area contributed by atoms with E-state index in [1.807, 2.05) is 0 Å². The number of hydrogen-bond acceptors (Lipinski definition) is 1. The maximum Gasteiger partial charge on any atom is 0.0468 e. The zero-order chi connectivity index (χ0) is 38.0. The molecule has 0 aliphatic carbocycles. The summed E-state index contributed by atoms with van der Waals surface area (Å²) in [5, 5.41) is 5.01. The molecule has 0 aliphatic heterocycles. The monoisotopic (exact) mass is 725 g/mol. The van der Waals surface area contributed by atoms with Gasteiger partial charge < -0.3 is 4.90 Å². The fraction of sp³-hybridized carbons (Fsp3) is 0. The molecule has 0 fully saturated rings. The van der Waals surface area contributed by atoms with Crippen LogP contribution < -0.4 is 4.90 Å². The molecule has 0 N–H and O–H groups in total. The van der Waals surface area contributed by atoms with Gasteiger partial charge in [0.15, 0.2) is 0 Å². The van der Waals surface area contributed by atoms with Crippen LogP contribution in [0.4, 0.5) is 17.1 Å². The van der Waals surface area contributed by atoms with Crippen LogP contribution in [0, 0.1) is 0 Å². The van der Waals surface area contributed by atoms with E-state index in [2.05, 4.69) is 241 Å². The van der Waals surface area contributed by atoms with E-state index in [9.17, 15) is 0 Å². The smallest absolute Gasteiger partial charge is 0.0468 e. The van der Waals surface area contributed by atoms with Crippen LogP contribution in [0.25, 0.3) is 77.2 Å². The summed E-state index contributed by atoms with van der Waals surface area (Å²) >= 11 is 0. The van der Waals surface area contributed by atoms with E-state index in [4.69, 9.17) is 0 Å². The molecule has 57 heavy (non-hydrogen) atoms. The Morgan fingerprint density at radius 3 is 1.12 bits per heavy atom. The largest absolute Gasteiger partial charge is 0.310 e. The lowest BCUT2D eigenvalue weighted by atomic mass is 9.92. The van der Waals surface area contributed by atoms with Gasteiger partial charge in [0.1, 0.15) is 0 Å². The molecule has 0 bridgehead atoms. The molecule has 10 aromatic carbocycles. The maximum absolute atomic E-state index is 2.38. The molecule has 0 aliphatic rings. The third-order valence-electron chi connectivity index (χ3n) is 11.1. The van der Waals surface area contributed by atoms with Gasteiger partial charge in [-0.25, -0.2) is 0 Å². The molecule has 0 radical (unpaired) electrons. The van der Waals surface area contributed by atoms with Gasteiger partial charge in [-0.3, -0.25) is 0 Å². The van der Waals surface area contributed by atoms with Gasteiger partial charge in [0.05, 0.1) is 0 Å². The summed E-state index contributed by atoms with van der Waals surface area (Å²) in [6.45, 7) is 0. The van der Waals surface area contributed by atoms with E-state index in [1.54, 1.807) is 0 Å². The normalized spacial score (nSPS) is 11.2. The minimum absolute atomic E-state index is 1.09. The molecule has 1 nitrogen and oxygen atoms in total. The minimum Gasteiger partial charge on any atom is -0.310 e. The zero-order valence-corrected chi connectivity index (χ0v) is 31.5. The average Bonchev–Trinajstić information content (AvgIpc) is 3.30. The Kier molecular flexibility index (Phi) is 8.95. The van der Waals surface area contributed by atoms with Crippen molar-refractivity contribution in [2.45, 2.75) is 0 Å². The minimum atomic E-state index is 1.09. The summed E-state index contributed by atoms with van der Waals surface area (Å²) in [6.07, 6.45) is 0. The average molecular weight is 726 g/mol. The Morgan fingerprint density at radius 1 is 0.211 bits per heavy atom. The van der Waals surface area contributed by atoms with Crippen LogP contribution in [0.2, 0.25) is 0 Å². The quantitative estimate of drug-likeness (QED) is 0.151. The highest BCUT2D eigenvalue weighted by Crippen LogP contribution is 2.42. The van der Waals surface area contributed by atoms with E-state index in [1.165, 1.54) is 77.2 Å². The van der Waals surface area contributed by atoms with Crippen molar-refractivity contribution in [1.29, 1.82) is 0 Å². The molecule has 0 atom stereocenters. The zero-order valence-electron chi connectivity index (χ0n) is 31.5. The van der Waals surface area contributed by atoms with Crippen LogP contribution in [0.1, 0.15) is 0 Å². The van der Waals surface area contributed by atoms with Crippen LogP contribution in [-0.2, 0) is 0 Å². The predicted molar refractivity (Wildman–Crippen MR) is 243 cm³/mol. The second kappa shape index (κ2) is 15.0. The van der Waals surface area contributed by atoms with Gasteiger partial charge in [-0.05, 0) is 114 Å². The SMILES string of the molecule is c1ccc(-c2ccc(-c3ccc(N(c4ccc(-c5cccc6ccccc56)cc4)c4ccc(-c5cccc6ccccc56)cc4)cc3-c3ccccc3)cc2)cc1. The van der Waals surface area contributed by atoms with Crippen LogP contribution in [-0.4, -0.2) is 0 Å². The number of benzene rings is 10. The third kappa shape index (κ3) is 6.66. The second-order valence-corrected chi connectivity index (χ2v) is 14.5. The molecule has 1 heteroatoms. The van der Waals surface area contributed by atoms with Crippen molar-refractivity contribution in [2.75, 3.05) is 4.90 Å². The Balaban J connectivity index is 1.10.